The fraction of sp³-hybridized carbons (Fsp3) is 0. The lowest BCUT2D eigenvalue weighted by atomic mass is 9.32. The van der Waals surface area contributed by atoms with Crippen molar-refractivity contribution in [2.75, 3.05) is 4.90 Å². The highest BCUT2D eigenvalue weighted by Gasteiger charge is 2.49. The predicted molar refractivity (Wildman–Crippen MR) is 178 cm³/mol. The van der Waals surface area contributed by atoms with Crippen molar-refractivity contribution in [1.82, 2.24) is 0 Å². The van der Waals surface area contributed by atoms with E-state index in [0.29, 0.717) is 0 Å². The number of anilines is 3. The van der Waals surface area contributed by atoms with E-state index in [4.69, 9.17) is 4.74 Å². The van der Waals surface area contributed by atoms with Crippen LogP contribution in [0.15, 0.2) is 147 Å². The molecule has 0 spiro atoms. The van der Waals surface area contributed by atoms with Crippen molar-refractivity contribution in [3.05, 3.63) is 127 Å². The Morgan fingerprint density at radius 3 is 1.83 bits per heavy atom. The summed E-state index contributed by atoms with van der Waals surface area (Å²) in [6.45, 7) is 0.243. The van der Waals surface area contributed by atoms with Crippen molar-refractivity contribution in [2.24, 2.45) is 0 Å². The van der Waals surface area contributed by atoms with Crippen LogP contribution in [0.25, 0.3) is 0 Å². The lowest BCUT2D eigenvalue weighted by Crippen LogP contribution is -2.63. The van der Waals surface area contributed by atoms with Crippen molar-refractivity contribution in [1.29, 1.82) is 0 Å². The quantitative estimate of drug-likeness (QED) is 0.241. The topological polar surface area (TPSA) is 12.5 Å². The number of nitrogens with zero attached hydrogens (tertiary/aromatic N) is 1. The first-order valence-corrected chi connectivity index (χ1v) is 16.0. The smallest absolute Gasteiger partial charge is 0.256 e. The summed E-state index contributed by atoms with van der Waals surface area (Å²) in [4.78, 5) is 7.76. The molecule has 0 atom stereocenters. The second-order valence-corrected chi connectivity index (χ2v) is 13.3. The normalized spacial score (nSPS) is 14.5. The number of benzene rings is 6. The Kier molecular flexibility index (Phi) is 4.80. The molecule has 0 aliphatic carbocycles. The molecule has 0 N–H and O–H groups in total. The highest BCUT2D eigenvalue weighted by molar-refractivity contribution is 8.01. The van der Waals surface area contributed by atoms with Gasteiger partial charge in [0.05, 0.1) is 10.6 Å². The number of para-hydroxylation sites is 3. The SMILES string of the molecule is c1ccc(N2c3ccccc3B3c4ccccc4Oc4c5c6c(c2c43)Sc2ccccc2B6c2ccccc2S5)cc1. The molecule has 194 valence electrons. The second kappa shape index (κ2) is 8.64. The summed E-state index contributed by atoms with van der Waals surface area (Å²) < 4.78 is 7.04. The first-order valence-electron chi connectivity index (χ1n) is 14.3. The van der Waals surface area contributed by atoms with Crippen LogP contribution in [0.4, 0.5) is 17.1 Å². The first-order chi connectivity index (χ1) is 20.9. The Morgan fingerprint density at radius 1 is 0.500 bits per heavy atom. The molecular formula is C36H21B2NOS2. The zero-order valence-electron chi connectivity index (χ0n) is 22.5. The molecule has 0 unspecified atom stereocenters. The van der Waals surface area contributed by atoms with Crippen LogP contribution in [0, 0.1) is 0 Å². The molecule has 2 nitrogen and oxygen atoms in total. The standard InChI is InChI=1S/C36H21B2NOS2/c1-2-12-22(13-3-1)39-27-18-8-4-14-23(27)37-24-15-5-9-19-28(24)40-34-31(37)33(39)35-32-36(34)42-30-21-11-7-17-26(30)38(32)25-16-6-10-20-29(25)41-35/h1-21H. The van der Waals surface area contributed by atoms with E-state index in [9.17, 15) is 0 Å². The highest BCUT2D eigenvalue weighted by atomic mass is 32.2. The second-order valence-electron chi connectivity index (χ2n) is 11.2. The van der Waals surface area contributed by atoms with E-state index in [2.05, 4.69) is 132 Å². The summed E-state index contributed by atoms with van der Waals surface area (Å²) in [5.74, 6) is 1.98. The van der Waals surface area contributed by atoms with E-state index >= 15 is 0 Å². The van der Waals surface area contributed by atoms with Crippen LogP contribution in [-0.2, 0) is 0 Å². The maximum Gasteiger partial charge on any atom is 0.256 e. The number of hydrogen-bond acceptors (Lipinski definition) is 4. The van der Waals surface area contributed by atoms with Gasteiger partial charge < -0.3 is 9.64 Å². The van der Waals surface area contributed by atoms with Crippen LogP contribution < -0.4 is 42.4 Å². The Balaban J connectivity index is 1.39. The van der Waals surface area contributed by atoms with Crippen molar-refractivity contribution < 1.29 is 4.74 Å². The molecule has 0 amide bonds. The maximum absolute atomic E-state index is 7.04. The first kappa shape index (κ1) is 23.3. The van der Waals surface area contributed by atoms with Gasteiger partial charge in [-0.25, -0.2) is 0 Å². The van der Waals surface area contributed by atoms with Gasteiger partial charge in [0.2, 0.25) is 6.71 Å². The van der Waals surface area contributed by atoms with Crippen LogP contribution in [0.2, 0.25) is 0 Å². The lowest BCUT2D eigenvalue weighted by Gasteiger charge is -2.45. The molecule has 0 radical (unpaired) electrons. The number of fused-ring (bicyclic) bond motifs is 10. The molecule has 10 rings (SSSR count). The third-order valence-corrected chi connectivity index (χ3v) is 11.5. The predicted octanol–water partition coefficient (Wildman–Crippen LogP) is 5.54. The lowest BCUT2D eigenvalue weighted by molar-refractivity contribution is 0.476. The van der Waals surface area contributed by atoms with E-state index in [-0.39, 0.29) is 13.4 Å². The molecule has 4 aliphatic heterocycles. The Labute approximate surface area is 253 Å². The molecule has 6 aromatic rings. The van der Waals surface area contributed by atoms with Crippen molar-refractivity contribution in [2.45, 2.75) is 19.6 Å². The van der Waals surface area contributed by atoms with Crippen molar-refractivity contribution in [3.63, 3.8) is 0 Å². The summed E-state index contributed by atoms with van der Waals surface area (Å²) in [6.07, 6.45) is 0. The van der Waals surface area contributed by atoms with Crippen LogP contribution in [0.3, 0.4) is 0 Å². The minimum absolute atomic E-state index is 0.0895. The van der Waals surface area contributed by atoms with Gasteiger partial charge in [0.1, 0.15) is 11.5 Å². The van der Waals surface area contributed by atoms with E-state index in [1.807, 2.05) is 23.5 Å². The van der Waals surface area contributed by atoms with E-state index in [1.165, 1.54) is 69.4 Å². The van der Waals surface area contributed by atoms with Gasteiger partial charge in [-0.05, 0) is 58.2 Å². The average Bonchev–Trinajstić information content (AvgIpc) is 3.06. The summed E-state index contributed by atoms with van der Waals surface area (Å²) in [6, 6.07) is 46.4. The van der Waals surface area contributed by atoms with Gasteiger partial charge in [0.15, 0.2) is 0 Å². The van der Waals surface area contributed by atoms with Gasteiger partial charge >= 0.3 is 0 Å². The van der Waals surface area contributed by atoms with Crippen LogP contribution in [0.1, 0.15) is 0 Å². The zero-order chi connectivity index (χ0) is 27.4. The minimum Gasteiger partial charge on any atom is -0.457 e. The molecule has 42 heavy (non-hydrogen) atoms. The molecule has 0 aromatic heterocycles. The van der Waals surface area contributed by atoms with Crippen molar-refractivity contribution in [3.8, 4) is 11.5 Å². The van der Waals surface area contributed by atoms with Gasteiger partial charge in [-0.2, -0.15) is 0 Å². The maximum atomic E-state index is 7.04. The summed E-state index contributed by atoms with van der Waals surface area (Å²) in [5, 5.41) is 0. The minimum atomic E-state index is 0.0895. The molecule has 0 saturated carbocycles. The van der Waals surface area contributed by atoms with E-state index in [1.54, 1.807) is 0 Å². The summed E-state index contributed by atoms with van der Waals surface area (Å²) in [5.41, 5.74) is 11.6. The van der Waals surface area contributed by atoms with Gasteiger partial charge in [0.25, 0.3) is 6.71 Å². The Bertz CT molecular complexity index is 2100. The average molecular weight is 569 g/mol. The van der Waals surface area contributed by atoms with Gasteiger partial charge in [0, 0.05) is 26.1 Å². The van der Waals surface area contributed by atoms with Crippen molar-refractivity contribution >= 4 is 86.8 Å². The monoisotopic (exact) mass is 569 g/mol. The van der Waals surface area contributed by atoms with Crippen LogP contribution >= 0.6 is 23.5 Å². The molecule has 0 fully saturated rings. The van der Waals surface area contributed by atoms with Gasteiger partial charge in [-0.15, -0.1) is 0 Å². The Morgan fingerprint density at radius 2 is 1.07 bits per heavy atom. The fourth-order valence-electron chi connectivity index (χ4n) is 7.39. The highest BCUT2D eigenvalue weighted by Crippen LogP contribution is 2.51. The zero-order valence-corrected chi connectivity index (χ0v) is 24.1. The van der Waals surface area contributed by atoms with E-state index < -0.39 is 0 Å². The molecule has 6 heteroatoms. The molecule has 6 aromatic carbocycles. The number of hydrogen-bond donors (Lipinski definition) is 0. The number of ether oxygens (including phenoxy) is 1. The van der Waals surface area contributed by atoms with E-state index in [0.717, 1.165) is 11.5 Å². The van der Waals surface area contributed by atoms with Gasteiger partial charge in [-0.3, -0.25) is 0 Å². The third kappa shape index (κ3) is 3.01. The fourth-order valence-corrected chi connectivity index (χ4v) is 9.99. The molecule has 4 aliphatic rings. The molecule has 0 saturated heterocycles. The van der Waals surface area contributed by atoms with Crippen LogP contribution in [0.5, 0.6) is 11.5 Å². The number of rotatable bonds is 1. The van der Waals surface area contributed by atoms with Crippen LogP contribution in [-0.4, -0.2) is 13.4 Å². The summed E-state index contributed by atoms with van der Waals surface area (Å²) in [7, 11) is 0. The third-order valence-electron chi connectivity index (χ3n) is 9.04. The molecule has 0 bridgehead atoms. The molecular weight excluding hydrogens is 548 g/mol. The largest absolute Gasteiger partial charge is 0.457 e. The molecule has 4 heterocycles. The van der Waals surface area contributed by atoms with Gasteiger partial charge in [-0.1, -0.05) is 125 Å². The Hall–Kier alpha value is -4.25. The summed E-state index contributed by atoms with van der Waals surface area (Å²) >= 11 is 3.81.